The van der Waals surface area contributed by atoms with E-state index in [4.69, 9.17) is 11.6 Å². The number of benzene rings is 1. The van der Waals surface area contributed by atoms with Gasteiger partial charge in [0.1, 0.15) is 17.2 Å². The van der Waals surface area contributed by atoms with E-state index in [0.717, 1.165) is 18.8 Å². The number of hydrogen-bond acceptors (Lipinski definition) is 8. The lowest BCUT2D eigenvalue weighted by atomic mass is 9.71. The molecule has 2 fully saturated rings. The smallest absolute Gasteiger partial charge is 0.256 e. The highest BCUT2D eigenvalue weighted by Gasteiger charge is 2.36. The van der Waals surface area contributed by atoms with Crippen molar-refractivity contribution in [3.63, 3.8) is 0 Å². The van der Waals surface area contributed by atoms with Crippen LogP contribution in [-0.2, 0) is 0 Å². The van der Waals surface area contributed by atoms with Gasteiger partial charge in [0, 0.05) is 43.4 Å². The molecule has 10 heteroatoms. The van der Waals surface area contributed by atoms with Crippen molar-refractivity contribution >= 4 is 46.5 Å². The fourth-order valence-electron chi connectivity index (χ4n) is 5.25. The molecule has 5 rings (SSSR count). The second kappa shape index (κ2) is 12.0. The maximum Gasteiger partial charge on any atom is 0.256 e. The van der Waals surface area contributed by atoms with E-state index in [0.29, 0.717) is 40.1 Å². The van der Waals surface area contributed by atoms with Gasteiger partial charge >= 0.3 is 0 Å². The number of aromatic nitrogens is 3. The molecule has 0 unspecified atom stereocenters. The van der Waals surface area contributed by atoms with Crippen LogP contribution in [-0.4, -0.2) is 65.5 Å². The highest BCUT2D eigenvalue weighted by atomic mass is 35.5. The van der Waals surface area contributed by atoms with E-state index in [1.807, 2.05) is 12.1 Å². The Hall–Kier alpha value is -3.69. The maximum atomic E-state index is 12.7. The number of anilines is 5. The summed E-state index contributed by atoms with van der Waals surface area (Å²) in [6, 6.07) is 11.8. The number of nitrogens with one attached hydrogen (secondary N) is 3. The molecule has 2 aliphatic rings. The second-order valence-corrected chi connectivity index (χ2v) is 10.8. The van der Waals surface area contributed by atoms with Crippen molar-refractivity contribution in [3.05, 3.63) is 72.0 Å². The van der Waals surface area contributed by atoms with Crippen LogP contribution in [0.4, 0.5) is 29.0 Å². The summed E-state index contributed by atoms with van der Waals surface area (Å²) in [5, 5.41) is 9.64. The van der Waals surface area contributed by atoms with E-state index < -0.39 is 0 Å². The molecule has 1 amide bonds. The van der Waals surface area contributed by atoms with Crippen LogP contribution in [0.25, 0.3) is 0 Å². The zero-order chi connectivity index (χ0) is 27.2. The number of carbonyl (C=O) groups is 1. The third kappa shape index (κ3) is 6.66. The molecule has 2 saturated heterocycles. The Morgan fingerprint density at radius 3 is 2.38 bits per heavy atom. The fourth-order valence-corrected chi connectivity index (χ4v) is 5.36. The Kier molecular flexibility index (Phi) is 8.28. The van der Waals surface area contributed by atoms with Crippen LogP contribution in [0, 0.1) is 5.41 Å². The van der Waals surface area contributed by atoms with Gasteiger partial charge in [-0.2, -0.15) is 4.98 Å². The lowest BCUT2D eigenvalue weighted by molar-refractivity contribution is 0.0944. The van der Waals surface area contributed by atoms with Crippen molar-refractivity contribution in [2.75, 3.05) is 55.3 Å². The molecule has 0 radical (unpaired) electrons. The molecule has 4 heterocycles. The highest BCUT2D eigenvalue weighted by molar-refractivity contribution is 6.30. The Morgan fingerprint density at radius 2 is 1.72 bits per heavy atom. The average Bonchev–Trinajstić information content (AvgIpc) is 2.96. The van der Waals surface area contributed by atoms with E-state index in [-0.39, 0.29) is 5.91 Å². The number of piperidine rings is 2. The first-order valence-electron chi connectivity index (χ1n) is 13.4. The highest BCUT2D eigenvalue weighted by Crippen LogP contribution is 2.42. The summed E-state index contributed by atoms with van der Waals surface area (Å²) in [6.45, 7) is 8.61. The van der Waals surface area contributed by atoms with Crippen molar-refractivity contribution in [2.45, 2.75) is 25.7 Å². The van der Waals surface area contributed by atoms with Gasteiger partial charge in [0.2, 0.25) is 5.95 Å². The van der Waals surface area contributed by atoms with Crippen molar-refractivity contribution in [1.29, 1.82) is 0 Å². The van der Waals surface area contributed by atoms with Crippen LogP contribution in [0.1, 0.15) is 36.0 Å². The minimum atomic E-state index is -0.314. The minimum Gasteiger partial charge on any atom is -0.371 e. The van der Waals surface area contributed by atoms with Crippen LogP contribution in [0.15, 0.2) is 61.4 Å². The topological polar surface area (TPSA) is 98.3 Å². The molecule has 204 valence electrons. The molecule has 3 aromatic rings. The van der Waals surface area contributed by atoms with E-state index in [2.05, 4.69) is 66.5 Å². The molecule has 3 N–H and O–H groups in total. The van der Waals surface area contributed by atoms with Crippen molar-refractivity contribution in [1.82, 2.24) is 25.2 Å². The van der Waals surface area contributed by atoms with Crippen LogP contribution in [0.3, 0.4) is 0 Å². The molecule has 2 aromatic heterocycles. The molecule has 0 aliphatic carbocycles. The van der Waals surface area contributed by atoms with Crippen LogP contribution >= 0.6 is 11.6 Å². The summed E-state index contributed by atoms with van der Waals surface area (Å²) in [5.41, 5.74) is 2.92. The molecular weight excluding hydrogens is 512 g/mol. The molecule has 0 bridgehead atoms. The maximum absolute atomic E-state index is 12.7. The summed E-state index contributed by atoms with van der Waals surface area (Å²) < 4.78 is 0. The summed E-state index contributed by atoms with van der Waals surface area (Å²) in [5.74, 6) is 0.888. The Labute approximate surface area is 234 Å². The van der Waals surface area contributed by atoms with Crippen LogP contribution in [0.5, 0.6) is 0 Å². The fraction of sp³-hybridized carbons (Fsp3) is 0.379. The first-order chi connectivity index (χ1) is 18.9. The van der Waals surface area contributed by atoms with E-state index in [1.165, 1.54) is 56.9 Å². The second-order valence-electron chi connectivity index (χ2n) is 10.4. The molecule has 2 aliphatic heterocycles. The largest absolute Gasteiger partial charge is 0.371 e. The van der Waals surface area contributed by atoms with Crippen LogP contribution in [0.2, 0.25) is 5.02 Å². The van der Waals surface area contributed by atoms with Gasteiger partial charge in [-0.25, -0.2) is 9.97 Å². The zero-order valence-electron chi connectivity index (χ0n) is 22.3. The van der Waals surface area contributed by atoms with Crippen molar-refractivity contribution < 1.29 is 4.79 Å². The van der Waals surface area contributed by atoms with E-state index >= 15 is 0 Å². The summed E-state index contributed by atoms with van der Waals surface area (Å²) >= 11 is 5.96. The van der Waals surface area contributed by atoms with Gasteiger partial charge in [-0.3, -0.25) is 4.79 Å². The van der Waals surface area contributed by atoms with Crippen molar-refractivity contribution in [2.24, 2.45) is 5.41 Å². The molecular formula is C29H35ClN8O. The van der Waals surface area contributed by atoms with Gasteiger partial charge in [-0.05, 0) is 87.6 Å². The predicted molar refractivity (Wildman–Crippen MR) is 157 cm³/mol. The monoisotopic (exact) mass is 546 g/mol. The molecule has 39 heavy (non-hydrogen) atoms. The average molecular weight is 547 g/mol. The van der Waals surface area contributed by atoms with Gasteiger partial charge in [-0.1, -0.05) is 17.7 Å². The molecule has 0 saturated carbocycles. The van der Waals surface area contributed by atoms with E-state index in [9.17, 15) is 4.79 Å². The normalized spacial score (nSPS) is 17.0. The molecule has 1 aromatic carbocycles. The summed E-state index contributed by atoms with van der Waals surface area (Å²) in [4.78, 5) is 30.8. The van der Waals surface area contributed by atoms with Gasteiger partial charge in [-0.15, -0.1) is 6.58 Å². The number of amides is 1. The molecule has 0 atom stereocenters. The standard InChI is InChI=1S/C29H35ClN8O/c1-3-14-31-27(39)24-20-33-28(36-26(24)35-25-9-4-21(30)19-32-25)34-22-5-7-23(8-6-22)38-17-12-29(13-18-38)10-15-37(2)16-11-29/h3-9,19-20H,1,10-18H2,2H3,(H,31,39)(H2,32,33,34,35,36). The predicted octanol–water partition coefficient (Wildman–Crippen LogP) is 5.24. The molecule has 1 spiro atoms. The number of rotatable bonds is 8. The Balaban J connectivity index is 1.26. The summed E-state index contributed by atoms with van der Waals surface area (Å²) in [7, 11) is 2.23. The Morgan fingerprint density at radius 1 is 1.00 bits per heavy atom. The molecule has 9 nitrogen and oxygen atoms in total. The third-order valence-corrected chi connectivity index (χ3v) is 8.00. The first kappa shape index (κ1) is 26.9. The van der Waals surface area contributed by atoms with E-state index in [1.54, 1.807) is 18.2 Å². The lowest BCUT2D eigenvalue weighted by Crippen LogP contribution is -2.46. The number of hydrogen-bond donors (Lipinski definition) is 3. The van der Waals surface area contributed by atoms with Gasteiger partial charge < -0.3 is 25.8 Å². The lowest BCUT2D eigenvalue weighted by Gasteiger charge is -2.46. The number of pyridine rings is 1. The SMILES string of the molecule is C=CCNC(=O)c1cnc(Nc2ccc(N3CCC4(CCN(C)CC4)CC3)cc2)nc1Nc1ccc(Cl)cn1. The Bertz CT molecular complexity index is 1280. The van der Waals surface area contributed by atoms with Crippen molar-refractivity contribution in [3.8, 4) is 0 Å². The minimum absolute atomic E-state index is 0.293. The van der Waals surface area contributed by atoms with Gasteiger partial charge in [0.05, 0.1) is 5.02 Å². The number of halogens is 1. The zero-order valence-corrected chi connectivity index (χ0v) is 23.0. The summed E-state index contributed by atoms with van der Waals surface area (Å²) in [6.07, 6.45) is 9.80. The number of nitrogens with zero attached hydrogens (tertiary/aromatic N) is 5. The third-order valence-electron chi connectivity index (χ3n) is 7.77. The van der Waals surface area contributed by atoms with Gasteiger partial charge in [0.25, 0.3) is 5.91 Å². The quantitative estimate of drug-likeness (QED) is 0.330. The first-order valence-corrected chi connectivity index (χ1v) is 13.8. The number of likely N-dealkylation sites (tertiary alicyclic amines) is 1. The van der Waals surface area contributed by atoms with Crippen LogP contribution < -0.4 is 20.9 Å². The van der Waals surface area contributed by atoms with Gasteiger partial charge in [0.15, 0.2) is 0 Å². The number of carbonyl (C=O) groups excluding carboxylic acids is 1.